The molecule has 0 N–H and O–H groups in total. The van der Waals surface area contributed by atoms with E-state index in [1.807, 2.05) is 31.2 Å². The summed E-state index contributed by atoms with van der Waals surface area (Å²) < 4.78 is 11.6. The Bertz CT molecular complexity index is 718. The molecule has 0 unspecified atom stereocenters. The molecule has 4 nitrogen and oxygen atoms in total. The van der Waals surface area contributed by atoms with Crippen LogP contribution in [0.1, 0.15) is 18.4 Å². The maximum Gasteiger partial charge on any atom is 0.266 e. The molecule has 0 spiro atoms. The van der Waals surface area contributed by atoms with E-state index >= 15 is 0 Å². The smallest absolute Gasteiger partial charge is 0.266 e. The molecule has 3 heterocycles. The average molecular weight is 351 g/mol. The first-order valence-electron chi connectivity index (χ1n) is 6.67. The summed E-state index contributed by atoms with van der Waals surface area (Å²) in [6.45, 7) is 2.49. The zero-order valence-electron chi connectivity index (χ0n) is 11.8. The van der Waals surface area contributed by atoms with Crippen LogP contribution in [-0.4, -0.2) is 21.7 Å². The third kappa shape index (κ3) is 3.31. The molecule has 1 saturated heterocycles. The number of nitrogens with zero attached hydrogens (tertiary/aromatic N) is 1. The van der Waals surface area contributed by atoms with E-state index in [0.29, 0.717) is 27.3 Å². The van der Waals surface area contributed by atoms with Gasteiger partial charge < -0.3 is 8.83 Å². The van der Waals surface area contributed by atoms with Gasteiger partial charge in [0.05, 0.1) is 16.9 Å². The lowest BCUT2D eigenvalue weighted by molar-refractivity contribution is -0.121. The van der Waals surface area contributed by atoms with Crippen LogP contribution in [0, 0.1) is 0 Å². The Kier molecular flexibility index (Phi) is 4.75. The van der Waals surface area contributed by atoms with Gasteiger partial charge in [-0.3, -0.25) is 9.69 Å². The second-order valence-electron chi connectivity index (χ2n) is 4.45. The summed E-state index contributed by atoms with van der Waals surface area (Å²) in [7, 11) is 0. The lowest BCUT2D eigenvalue weighted by atomic mass is 10.3. The van der Waals surface area contributed by atoms with Gasteiger partial charge in [-0.15, -0.1) is 0 Å². The Morgan fingerprint density at radius 2 is 2.27 bits per heavy atom. The minimum Gasteiger partial charge on any atom is -0.468 e. The second-order valence-corrected chi connectivity index (χ2v) is 7.11. The lowest BCUT2D eigenvalue weighted by Crippen LogP contribution is -2.27. The molecule has 1 fully saturated rings. The molecule has 0 bridgehead atoms. The molecule has 1 amide bonds. The molecule has 0 aromatic carbocycles. The van der Waals surface area contributed by atoms with E-state index in [1.54, 1.807) is 29.0 Å². The first-order chi connectivity index (χ1) is 10.7. The largest absolute Gasteiger partial charge is 0.468 e. The molecule has 1 aliphatic rings. The summed E-state index contributed by atoms with van der Waals surface area (Å²) in [5.74, 6) is 2.20. The van der Waals surface area contributed by atoms with E-state index in [9.17, 15) is 4.79 Å². The fourth-order valence-corrected chi connectivity index (χ4v) is 4.06. The van der Waals surface area contributed by atoms with Gasteiger partial charge >= 0.3 is 0 Å². The number of hydrogen-bond acceptors (Lipinski definition) is 6. The first kappa shape index (κ1) is 15.5. The van der Waals surface area contributed by atoms with Crippen LogP contribution in [0.15, 0.2) is 49.4 Å². The third-order valence-corrected chi connectivity index (χ3v) is 5.31. The fourth-order valence-electron chi connectivity index (χ4n) is 1.93. The van der Waals surface area contributed by atoms with E-state index in [4.69, 9.17) is 21.1 Å². The zero-order valence-corrected chi connectivity index (χ0v) is 14.2. The van der Waals surface area contributed by atoms with Crippen LogP contribution in [0.3, 0.4) is 0 Å². The van der Waals surface area contributed by atoms with Crippen molar-refractivity contribution in [2.45, 2.75) is 17.8 Å². The average Bonchev–Trinajstić information content (AvgIpc) is 3.20. The predicted octanol–water partition coefficient (Wildman–Crippen LogP) is 4.39. The summed E-state index contributed by atoms with van der Waals surface area (Å²) in [4.78, 5) is 14.3. The molecule has 0 aliphatic carbocycles. The second kappa shape index (κ2) is 6.76. The van der Waals surface area contributed by atoms with E-state index in [-0.39, 0.29) is 5.91 Å². The summed E-state index contributed by atoms with van der Waals surface area (Å²) >= 11 is 8.04. The van der Waals surface area contributed by atoms with Gasteiger partial charge in [-0.25, -0.2) is 0 Å². The van der Waals surface area contributed by atoms with Gasteiger partial charge in [-0.1, -0.05) is 35.7 Å². The van der Waals surface area contributed by atoms with Gasteiger partial charge in [0.1, 0.15) is 15.8 Å². The van der Waals surface area contributed by atoms with Crippen LogP contribution in [0.5, 0.6) is 0 Å². The van der Waals surface area contributed by atoms with Crippen molar-refractivity contribution in [3.8, 4) is 0 Å². The van der Waals surface area contributed by atoms with Gasteiger partial charge in [0, 0.05) is 12.6 Å². The number of amides is 1. The Hall–Kier alpha value is -1.44. The highest BCUT2D eigenvalue weighted by Gasteiger charge is 2.30. The standard InChI is InChI=1S/C15H13NO3S3/c1-2-16-14(17)12(22-15(16)20)8-10-5-6-13(19-10)21-9-11-4-3-7-18-11/h3-8H,2,9H2,1H3/b12-8-. The van der Waals surface area contributed by atoms with Gasteiger partial charge in [0.2, 0.25) is 0 Å². The summed E-state index contributed by atoms with van der Waals surface area (Å²) in [5, 5.41) is 0.786. The SMILES string of the molecule is CCN1C(=O)/C(=C/c2ccc(SCc3ccco3)o2)SC1=S. The lowest BCUT2D eigenvalue weighted by Gasteiger charge is -2.09. The topological polar surface area (TPSA) is 46.6 Å². The Morgan fingerprint density at radius 3 is 2.95 bits per heavy atom. The fraction of sp³-hybridized carbons (Fsp3) is 0.200. The number of hydrogen-bond donors (Lipinski definition) is 0. The van der Waals surface area contributed by atoms with Gasteiger partial charge in [-0.2, -0.15) is 0 Å². The molecule has 2 aromatic heterocycles. The molecule has 0 atom stereocenters. The Morgan fingerprint density at radius 1 is 1.41 bits per heavy atom. The van der Waals surface area contributed by atoms with E-state index < -0.39 is 0 Å². The predicted molar refractivity (Wildman–Crippen MR) is 92.5 cm³/mol. The summed E-state index contributed by atoms with van der Waals surface area (Å²) in [6.07, 6.45) is 3.39. The molecular formula is C15H13NO3S3. The number of thioether (sulfide) groups is 2. The normalized spacial score (nSPS) is 17.0. The van der Waals surface area contributed by atoms with Crippen molar-refractivity contribution in [1.29, 1.82) is 0 Å². The van der Waals surface area contributed by atoms with Crippen LogP contribution in [0.2, 0.25) is 0 Å². The van der Waals surface area contributed by atoms with Crippen molar-refractivity contribution in [1.82, 2.24) is 4.90 Å². The van der Waals surface area contributed by atoms with Crippen LogP contribution in [-0.2, 0) is 10.5 Å². The van der Waals surface area contributed by atoms with Crippen LogP contribution >= 0.6 is 35.7 Å². The quantitative estimate of drug-likeness (QED) is 0.452. The third-order valence-electron chi connectivity index (χ3n) is 3.00. The zero-order chi connectivity index (χ0) is 15.5. The molecule has 7 heteroatoms. The number of rotatable bonds is 5. The van der Waals surface area contributed by atoms with E-state index in [1.165, 1.54) is 11.8 Å². The van der Waals surface area contributed by atoms with Gasteiger partial charge in [0.25, 0.3) is 5.91 Å². The van der Waals surface area contributed by atoms with Crippen molar-refractivity contribution in [3.63, 3.8) is 0 Å². The minimum atomic E-state index is -0.0568. The van der Waals surface area contributed by atoms with Crippen LogP contribution in [0.25, 0.3) is 6.08 Å². The summed E-state index contributed by atoms with van der Waals surface area (Å²) in [5.41, 5.74) is 0. The molecule has 2 aromatic rings. The molecule has 1 aliphatic heterocycles. The first-order valence-corrected chi connectivity index (χ1v) is 8.89. The Labute approximate surface area is 141 Å². The highest BCUT2D eigenvalue weighted by Crippen LogP contribution is 2.33. The van der Waals surface area contributed by atoms with E-state index in [0.717, 1.165) is 10.9 Å². The number of carbonyl (C=O) groups excluding carboxylic acids is 1. The molecule has 0 saturated carbocycles. The number of likely N-dealkylation sites (N-methyl/N-ethyl adjacent to an activating group) is 1. The van der Waals surface area contributed by atoms with Crippen molar-refractivity contribution < 1.29 is 13.6 Å². The van der Waals surface area contributed by atoms with Crippen molar-refractivity contribution in [2.24, 2.45) is 0 Å². The van der Waals surface area contributed by atoms with Crippen molar-refractivity contribution >= 4 is 52.0 Å². The number of carbonyl (C=O) groups is 1. The Balaban J connectivity index is 1.68. The number of thiocarbonyl (C=S) groups is 1. The maximum atomic E-state index is 12.1. The highest BCUT2D eigenvalue weighted by atomic mass is 32.2. The highest BCUT2D eigenvalue weighted by molar-refractivity contribution is 8.26. The van der Waals surface area contributed by atoms with Crippen LogP contribution < -0.4 is 0 Å². The maximum absolute atomic E-state index is 12.1. The van der Waals surface area contributed by atoms with Crippen molar-refractivity contribution in [2.75, 3.05) is 6.54 Å². The van der Waals surface area contributed by atoms with Gasteiger partial charge in [0.15, 0.2) is 5.09 Å². The molecule has 22 heavy (non-hydrogen) atoms. The minimum absolute atomic E-state index is 0.0568. The van der Waals surface area contributed by atoms with Gasteiger partial charge in [-0.05, 0) is 31.2 Å². The molecule has 0 radical (unpaired) electrons. The molecule has 3 rings (SSSR count). The summed E-state index contributed by atoms with van der Waals surface area (Å²) in [6, 6.07) is 7.52. The number of furan rings is 2. The van der Waals surface area contributed by atoms with E-state index in [2.05, 4.69) is 0 Å². The molecular weight excluding hydrogens is 338 g/mol. The molecule has 114 valence electrons. The van der Waals surface area contributed by atoms with Crippen LogP contribution in [0.4, 0.5) is 0 Å². The van der Waals surface area contributed by atoms with Crippen molar-refractivity contribution in [3.05, 3.63) is 47.0 Å². The monoisotopic (exact) mass is 351 g/mol.